The van der Waals surface area contributed by atoms with Crippen LogP contribution in [0.5, 0.6) is 0 Å². The van der Waals surface area contributed by atoms with Crippen LogP contribution < -0.4 is 16.3 Å². The largest absolute Gasteiger partial charge is 0.343 e. The second-order valence-electron chi connectivity index (χ2n) is 7.18. The highest BCUT2D eigenvalue weighted by Crippen LogP contribution is 2.26. The summed E-state index contributed by atoms with van der Waals surface area (Å²) in [6.45, 7) is 9.68. The van der Waals surface area contributed by atoms with Crippen LogP contribution in [-0.4, -0.2) is 28.5 Å². The fraction of sp³-hybridized carbons (Fsp3) is 0.429. The Hall–Kier alpha value is -2.67. The highest BCUT2D eigenvalue weighted by atomic mass is 19.1. The number of aromatic nitrogens is 2. The second-order valence-corrected chi connectivity index (χ2v) is 7.18. The van der Waals surface area contributed by atoms with Crippen LogP contribution in [0.15, 0.2) is 40.6 Å². The van der Waals surface area contributed by atoms with Crippen LogP contribution in [0, 0.1) is 11.7 Å². The molecule has 2 atom stereocenters. The average molecular weight is 385 g/mol. The predicted octanol–water partition coefficient (Wildman–Crippen LogP) is 4.07. The van der Waals surface area contributed by atoms with Gasteiger partial charge in [0.1, 0.15) is 11.7 Å². The fourth-order valence-corrected chi connectivity index (χ4v) is 3.36. The summed E-state index contributed by atoms with van der Waals surface area (Å²) in [4.78, 5) is 20.4. The lowest BCUT2D eigenvalue weighted by Crippen LogP contribution is -2.35. The molecule has 1 aliphatic rings. The number of piperidine rings is 1. The minimum absolute atomic E-state index is 0.0500. The maximum Gasteiger partial charge on any atom is 0.327 e. The number of amidine groups is 1. The molecule has 7 heteroatoms. The molecule has 1 aliphatic heterocycles. The molecule has 0 bridgehead atoms. The lowest BCUT2D eigenvalue weighted by atomic mass is 10.1. The number of anilines is 1. The Bertz CT molecular complexity index is 891. The number of nitrogens with one attached hydrogen (secondary N) is 3. The number of imidazole rings is 1. The van der Waals surface area contributed by atoms with Crippen molar-refractivity contribution in [1.82, 2.24) is 14.9 Å². The summed E-state index contributed by atoms with van der Waals surface area (Å²) < 4.78 is 15.0. The number of benzene rings is 1. The molecule has 2 aromatic rings. The summed E-state index contributed by atoms with van der Waals surface area (Å²) in [5.41, 5.74) is 1.19. The molecule has 3 rings (SSSR count). The average Bonchev–Trinajstić information content (AvgIpc) is 3.04. The van der Waals surface area contributed by atoms with E-state index in [-0.39, 0.29) is 23.5 Å². The Balaban J connectivity index is 2.04. The van der Waals surface area contributed by atoms with Crippen molar-refractivity contribution in [3.05, 3.63) is 52.8 Å². The molecule has 0 amide bonds. The first-order valence-corrected chi connectivity index (χ1v) is 9.82. The summed E-state index contributed by atoms with van der Waals surface area (Å²) in [5, 5.41) is 6.65. The highest BCUT2D eigenvalue weighted by Gasteiger charge is 2.23. The second kappa shape index (κ2) is 9.01. The van der Waals surface area contributed by atoms with Gasteiger partial charge in [0.25, 0.3) is 0 Å². The van der Waals surface area contributed by atoms with Crippen molar-refractivity contribution < 1.29 is 4.39 Å². The van der Waals surface area contributed by atoms with Crippen LogP contribution in [0.25, 0.3) is 6.08 Å². The van der Waals surface area contributed by atoms with Crippen LogP contribution in [0.1, 0.15) is 44.8 Å². The zero-order valence-electron chi connectivity index (χ0n) is 16.5. The van der Waals surface area contributed by atoms with Gasteiger partial charge in [-0.05, 0) is 56.1 Å². The first-order valence-electron chi connectivity index (χ1n) is 9.82. The number of aromatic amines is 1. The van der Waals surface area contributed by atoms with Gasteiger partial charge in [-0.1, -0.05) is 20.4 Å². The summed E-state index contributed by atoms with van der Waals surface area (Å²) in [7, 11) is 0. The van der Waals surface area contributed by atoms with E-state index in [2.05, 4.69) is 36.0 Å². The van der Waals surface area contributed by atoms with Crippen molar-refractivity contribution in [3.8, 4) is 0 Å². The maximum atomic E-state index is 13.2. The molecule has 0 saturated carbocycles. The number of H-pyrrole nitrogens is 1. The minimum Gasteiger partial charge on any atom is -0.343 e. The smallest absolute Gasteiger partial charge is 0.327 e. The highest BCUT2D eigenvalue weighted by molar-refractivity contribution is 5.98. The maximum absolute atomic E-state index is 13.2. The van der Waals surface area contributed by atoms with Crippen molar-refractivity contribution in [2.45, 2.75) is 39.2 Å². The molecule has 6 nitrogen and oxygen atoms in total. The van der Waals surface area contributed by atoms with E-state index in [1.807, 2.05) is 0 Å². The first-order chi connectivity index (χ1) is 13.5. The third-order valence-corrected chi connectivity index (χ3v) is 5.19. The van der Waals surface area contributed by atoms with Crippen molar-refractivity contribution in [1.29, 1.82) is 0 Å². The van der Waals surface area contributed by atoms with Crippen molar-refractivity contribution in [3.63, 3.8) is 0 Å². The van der Waals surface area contributed by atoms with Crippen LogP contribution in [0.4, 0.5) is 15.9 Å². The van der Waals surface area contributed by atoms with Gasteiger partial charge < -0.3 is 15.6 Å². The Morgan fingerprint density at radius 3 is 2.82 bits per heavy atom. The quantitative estimate of drug-likeness (QED) is 0.518. The molecule has 2 heterocycles. The molecule has 0 aliphatic carbocycles. The third kappa shape index (κ3) is 4.42. The SMILES string of the molecule is C=Cc1[nH]c(=O)n(C2CCCNC2)c1N=C(Nc1ccc(F)cc1)C(C)CC. The summed E-state index contributed by atoms with van der Waals surface area (Å²) in [5.74, 6) is 1.16. The van der Waals surface area contributed by atoms with Crippen LogP contribution >= 0.6 is 0 Å². The standard InChI is InChI=1S/C21H28FN5O/c1-4-14(3)19(24-16-10-8-15(22)9-11-16)26-20-18(5-2)25-21(28)27(20)17-7-6-12-23-13-17/h5,8-11,14,17,23H,2,4,6-7,12-13H2,1,3H3,(H,24,26)(H,25,28). The number of hydrogen-bond donors (Lipinski definition) is 3. The van der Waals surface area contributed by atoms with Gasteiger partial charge in [0.15, 0.2) is 5.82 Å². The number of nitrogens with zero attached hydrogens (tertiary/aromatic N) is 2. The molecule has 1 aromatic carbocycles. The van der Waals surface area contributed by atoms with Crippen LogP contribution in [0.2, 0.25) is 0 Å². The zero-order valence-corrected chi connectivity index (χ0v) is 16.5. The molecular weight excluding hydrogens is 357 g/mol. The Labute approximate surface area is 164 Å². The normalized spacial score (nSPS) is 18.7. The summed E-state index contributed by atoms with van der Waals surface area (Å²) >= 11 is 0. The molecule has 0 radical (unpaired) electrons. The van der Waals surface area contributed by atoms with E-state index in [1.54, 1.807) is 22.8 Å². The molecular formula is C21H28FN5O. The fourth-order valence-electron chi connectivity index (χ4n) is 3.36. The zero-order chi connectivity index (χ0) is 20.1. The monoisotopic (exact) mass is 385 g/mol. The topological polar surface area (TPSA) is 74.2 Å². The Morgan fingerprint density at radius 1 is 1.46 bits per heavy atom. The Kier molecular flexibility index (Phi) is 6.46. The van der Waals surface area contributed by atoms with Crippen LogP contribution in [0.3, 0.4) is 0 Å². The first kappa shape index (κ1) is 20.1. The lowest BCUT2D eigenvalue weighted by Gasteiger charge is -2.24. The summed E-state index contributed by atoms with van der Waals surface area (Å²) in [6.07, 6.45) is 4.43. The van der Waals surface area contributed by atoms with Gasteiger partial charge in [-0.25, -0.2) is 14.2 Å². The van der Waals surface area contributed by atoms with Gasteiger partial charge in [0, 0.05) is 18.2 Å². The molecule has 28 heavy (non-hydrogen) atoms. The minimum atomic E-state index is -0.286. The van der Waals surface area contributed by atoms with E-state index in [0.29, 0.717) is 11.5 Å². The van der Waals surface area contributed by atoms with E-state index in [4.69, 9.17) is 4.99 Å². The van der Waals surface area contributed by atoms with E-state index < -0.39 is 0 Å². The van der Waals surface area contributed by atoms with E-state index in [1.165, 1.54) is 12.1 Å². The van der Waals surface area contributed by atoms with Gasteiger partial charge in [0.05, 0.1) is 11.7 Å². The van der Waals surface area contributed by atoms with E-state index >= 15 is 0 Å². The molecule has 1 aromatic heterocycles. The van der Waals surface area contributed by atoms with Gasteiger partial charge in [-0.3, -0.25) is 4.57 Å². The molecule has 1 fully saturated rings. The number of aliphatic imine (C=N–C) groups is 1. The summed E-state index contributed by atoms with van der Waals surface area (Å²) in [6, 6.07) is 6.22. The molecule has 1 saturated heterocycles. The Morgan fingerprint density at radius 2 is 2.21 bits per heavy atom. The lowest BCUT2D eigenvalue weighted by molar-refractivity contribution is 0.367. The number of halogens is 1. The predicted molar refractivity (Wildman–Crippen MR) is 113 cm³/mol. The van der Waals surface area contributed by atoms with E-state index in [0.717, 1.165) is 43.9 Å². The van der Waals surface area contributed by atoms with Crippen LogP contribution in [-0.2, 0) is 0 Å². The molecule has 3 N–H and O–H groups in total. The van der Waals surface area contributed by atoms with Crippen molar-refractivity contribution in [2.75, 3.05) is 18.4 Å². The number of hydrogen-bond acceptors (Lipinski definition) is 3. The third-order valence-electron chi connectivity index (χ3n) is 5.19. The van der Waals surface area contributed by atoms with E-state index in [9.17, 15) is 9.18 Å². The van der Waals surface area contributed by atoms with Crippen molar-refractivity contribution in [2.24, 2.45) is 10.9 Å². The van der Waals surface area contributed by atoms with Gasteiger partial charge in [-0.15, -0.1) is 0 Å². The molecule has 2 unspecified atom stereocenters. The van der Waals surface area contributed by atoms with Crippen molar-refractivity contribution >= 4 is 23.4 Å². The van der Waals surface area contributed by atoms with Gasteiger partial charge in [0.2, 0.25) is 0 Å². The van der Waals surface area contributed by atoms with Gasteiger partial charge in [-0.2, -0.15) is 0 Å². The molecule has 150 valence electrons. The number of rotatable bonds is 6. The molecule has 0 spiro atoms. The van der Waals surface area contributed by atoms with Gasteiger partial charge >= 0.3 is 5.69 Å².